The fraction of sp³-hybridized carbons (Fsp3) is 0.466. The molecule has 0 spiro atoms. The molecule has 3 fully saturated rings. The summed E-state index contributed by atoms with van der Waals surface area (Å²) in [4.78, 5) is 102. The van der Waals surface area contributed by atoms with Crippen molar-refractivity contribution in [1.82, 2.24) is 36.4 Å². The van der Waals surface area contributed by atoms with E-state index >= 15 is 0 Å². The standard InChI is InChI=1S/C58H73N7O17/c1-5-6-7-24-82-40-22-18-35(19-23-40)33-10-8-32(9-11-33)34-12-14-37(15-13-34)51(74)59-41-26-43(70)54(77)63-56(79)47-48(71)29(2)27-65(47)58(81)45(31(4)67)61-55(78)46(50(73)49(72)36-16-20-38(68)21-17-36)62-53(76)42-25-39(69)28-64(42)57(80)44(30(3)66)60-52(41)75/h8-23,29-31,39,41-50,54,66-73,77H,5-7,24-28H2,1-4H3,(H,59,74)(H,60,75)(H,61,78)(H,62,76)(H,63,79)/t29?,30?,31-,39?,41?,42?,43?,44?,45?,46?,47?,48?,49?,50?,54?/m0/s1. The molecule has 3 saturated heterocycles. The average Bonchev–Trinajstić information content (AvgIpc) is 4.06. The summed E-state index contributed by atoms with van der Waals surface area (Å²) in [5, 5.41) is 111. The van der Waals surface area contributed by atoms with Crippen LogP contribution in [0.3, 0.4) is 0 Å². The fourth-order valence-electron chi connectivity index (χ4n) is 10.2. The van der Waals surface area contributed by atoms with Gasteiger partial charge in [0.2, 0.25) is 35.4 Å². The van der Waals surface area contributed by atoms with E-state index in [2.05, 4.69) is 33.5 Å². The molecule has 14 N–H and O–H groups in total. The van der Waals surface area contributed by atoms with E-state index in [-0.39, 0.29) is 23.4 Å². The van der Waals surface area contributed by atoms with E-state index in [0.29, 0.717) is 12.2 Å². The van der Waals surface area contributed by atoms with Crippen LogP contribution < -0.4 is 31.3 Å². The molecule has 4 aromatic carbocycles. The molecule has 7 amide bonds. The first-order valence-corrected chi connectivity index (χ1v) is 27.3. The van der Waals surface area contributed by atoms with Gasteiger partial charge in [-0.2, -0.15) is 0 Å². The number of nitrogens with one attached hydrogen (secondary N) is 5. The summed E-state index contributed by atoms with van der Waals surface area (Å²) in [6.45, 7) is 5.47. The normalized spacial score (nSPS) is 27.5. The molecule has 3 aliphatic heterocycles. The molecule has 0 saturated carbocycles. The van der Waals surface area contributed by atoms with Gasteiger partial charge in [-0.3, -0.25) is 33.6 Å². The molecular weight excluding hydrogens is 1070 g/mol. The monoisotopic (exact) mass is 1140 g/mol. The lowest BCUT2D eigenvalue weighted by molar-refractivity contribution is -0.148. The Morgan fingerprint density at radius 3 is 1.72 bits per heavy atom. The molecule has 0 bridgehead atoms. The van der Waals surface area contributed by atoms with Crippen LogP contribution in [0.5, 0.6) is 11.5 Å². The highest BCUT2D eigenvalue weighted by Gasteiger charge is 2.50. The quantitative estimate of drug-likeness (QED) is 0.0679. The van der Waals surface area contributed by atoms with Crippen LogP contribution in [0.25, 0.3) is 22.3 Å². The molecule has 7 rings (SSSR count). The number of nitrogens with zero attached hydrogens (tertiary/aromatic N) is 2. The molecule has 0 aliphatic carbocycles. The van der Waals surface area contributed by atoms with Crippen molar-refractivity contribution >= 4 is 41.4 Å². The number of amides is 7. The first kappa shape index (κ1) is 62.1. The number of benzene rings is 4. The molecule has 82 heavy (non-hydrogen) atoms. The smallest absolute Gasteiger partial charge is 0.251 e. The van der Waals surface area contributed by atoms with Crippen LogP contribution >= 0.6 is 0 Å². The zero-order chi connectivity index (χ0) is 59.7. The molecule has 24 heteroatoms. The second kappa shape index (κ2) is 27.5. The Kier molecular flexibility index (Phi) is 20.8. The molecule has 3 aliphatic rings. The van der Waals surface area contributed by atoms with Crippen molar-refractivity contribution in [3.05, 3.63) is 108 Å². The van der Waals surface area contributed by atoms with Crippen molar-refractivity contribution in [1.29, 1.82) is 0 Å². The second-order valence-electron chi connectivity index (χ2n) is 21.3. The maximum Gasteiger partial charge on any atom is 0.251 e. The van der Waals surface area contributed by atoms with Crippen LogP contribution in [0.1, 0.15) is 81.8 Å². The maximum absolute atomic E-state index is 14.5. The Labute approximate surface area is 473 Å². The van der Waals surface area contributed by atoms with Gasteiger partial charge in [-0.1, -0.05) is 87.4 Å². The number of aliphatic hydroxyl groups is 8. The molecule has 0 radical (unpaired) electrons. The van der Waals surface area contributed by atoms with Crippen LogP contribution in [-0.4, -0.2) is 196 Å². The van der Waals surface area contributed by atoms with Gasteiger partial charge in [-0.15, -0.1) is 0 Å². The lowest BCUT2D eigenvalue weighted by atomic mass is 9.96. The molecule has 15 atom stereocenters. The number of phenols is 1. The van der Waals surface area contributed by atoms with Crippen molar-refractivity contribution < 1.29 is 84.3 Å². The predicted octanol–water partition coefficient (Wildman–Crippen LogP) is -0.927. The van der Waals surface area contributed by atoms with E-state index in [1.165, 1.54) is 31.2 Å². The number of ether oxygens (including phenoxy) is 1. The summed E-state index contributed by atoms with van der Waals surface area (Å²) in [5.41, 5.74) is 3.37. The number of unbranched alkanes of at least 4 members (excludes halogenated alkanes) is 2. The fourth-order valence-corrected chi connectivity index (χ4v) is 10.2. The zero-order valence-corrected chi connectivity index (χ0v) is 45.7. The molecule has 4 aromatic rings. The Bertz CT molecular complexity index is 2880. The van der Waals surface area contributed by atoms with E-state index in [9.17, 15) is 79.5 Å². The van der Waals surface area contributed by atoms with Gasteiger partial charge in [0.25, 0.3) is 5.91 Å². The Morgan fingerprint density at radius 2 is 1.16 bits per heavy atom. The lowest BCUT2D eigenvalue weighted by Crippen LogP contribution is -2.64. The number of hydrogen-bond acceptors (Lipinski definition) is 17. The third kappa shape index (κ3) is 14.7. The van der Waals surface area contributed by atoms with Gasteiger partial charge < -0.3 is 87.1 Å². The van der Waals surface area contributed by atoms with Crippen LogP contribution in [0.2, 0.25) is 0 Å². The van der Waals surface area contributed by atoms with E-state index in [1.807, 2.05) is 48.5 Å². The molecule has 24 nitrogen and oxygen atoms in total. The molecular formula is C58H73N7O17. The van der Waals surface area contributed by atoms with E-state index in [1.54, 1.807) is 12.1 Å². The minimum absolute atomic E-state index is 0.00973. The van der Waals surface area contributed by atoms with Gasteiger partial charge in [0, 0.05) is 37.4 Å². The van der Waals surface area contributed by atoms with Gasteiger partial charge in [0.1, 0.15) is 66.1 Å². The summed E-state index contributed by atoms with van der Waals surface area (Å²) in [6.07, 6.45) is -13.6. The number of fused-ring (bicyclic) bond motifs is 2. The van der Waals surface area contributed by atoms with Crippen molar-refractivity contribution in [2.75, 3.05) is 19.7 Å². The summed E-state index contributed by atoms with van der Waals surface area (Å²) < 4.78 is 5.84. The molecule has 14 unspecified atom stereocenters. The third-order valence-corrected chi connectivity index (χ3v) is 15.0. The predicted molar refractivity (Wildman–Crippen MR) is 293 cm³/mol. The number of aromatic hydroxyl groups is 1. The minimum Gasteiger partial charge on any atom is -0.508 e. The first-order chi connectivity index (χ1) is 39.0. The summed E-state index contributed by atoms with van der Waals surface area (Å²) in [7, 11) is 0. The van der Waals surface area contributed by atoms with Crippen molar-refractivity contribution in [3.63, 3.8) is 0 Å². The Balaban J connectivity index is 1.18. The van der Waals surface area contributed by atoms with Gasteiger partial charge in [-0.05, 0) is 84.5 Å². The number of aliphatic hydroxyl groups excluding tert-OH is 8. The number of carbonyl (C=O) groups is 7. The number of rotatable bonds is 14. The highest BCUT2D eigenvalue weighted by molar-refractivity contribution is 6.00. The number of phenolic OH excluding ortho intramolecular Hbond substituents is 1. The van der Waals surface area contributed by atoms with Crippen LogP contribution in [0.15, 0.2) is 97.1 Å². The highest BCUT2D eigenvalue weighted by Crippen LogP contribution is 2.30. The van der Waals surface area contributed by atoms with Gasteiger partial charge in [-0.25, -0.2) is 0 Å². The van der Waals surface area contributed by atoms with Crippen LogP contribution in [0, 0.1) is 5.92 Å². The van der Waals surface area contributed by atoms with Crippen LogP contribution in [-0.2, 0) is 28.8 Å². The van der Waals surface area contributed by atoms with Crippen molar-refractivity contribution in [2.24, 2.45) is 5.92 Å². The van der Waals surface area contributed by atoms with Gasteiger partial charge in [0.05, 0.1) is 31.0 Å². The first-order valence-electron chi connectivity index (χ1n) is 27.3. The molecule has 0 aromatic heterocycles. The molecule has 442 valence electrons. The van der Waals surface area contributed by atoms with Crippen molar-refractivity contribution in [2.45, 2.75) is 145 Å². The van der Waals surface area contributed by atoms with Gasteiger partial charge >= 0.3 is 0 Å². The van der Waals surface area contributed by atoms with E-state index in [4.69, 9.17) is 4.74 Å². The average molecular weight is 1140 g/mol. The SMILES string of the molecule is CCCCCOc1ccc(-c2ccc(-c3ccc(C(=O)NC4CC(O)C(O)NC(=O)C5C(O)C(C)CN5C(=O)C([C@H](C)O)NC(=O)C(C(O)C(O)c5ccc(O)cc5)NC(=O)C5CC(O)CN5C(=O)C(C(C)O)NC4=O)cc3)cc2)cc1. The Hall–Kier alpha value is -7.55. The third-order valence-electron chi connectivity index (χ3n) is 15.0. The van der Waals surface area contributed by atoms with Crippen LogP contribution in [0.4, 0.5) is 0 Å². The van der Waals surface area contributed by atoms with E-state index in [0.717, 1.165) is 77.5 Å². The maximum atomic E-state index is 14.5. The minimum atomic E-state index is -2.29. The number of hydrogen-bond donors (Lipinski definition) is 14. The lowest BCUT2D eigenvalue weighted by Gasteiger charge is -2.34. The largest absolute Gasteiger partial charge is 0.508 e. The summed E-state index contributed by atoms with van der Waals surface area (Å²) >= 11 is 0. The summed E-state index contributed by atoms with van der Waals surface area (Å²) in [6, 6.07) is 14.7. The topological polar surface area (TPSA) is 377 Å². The molecule has 3 heterocycles. The van der Waals surface area contributed by atoms with Crippen molar-refractivity contribution in [3.8, 4) is 33.8 Å². The Morgan fingerprint density at radius 1 is 0.634 bits per heavy atom. The summed E-state index contributed by atoms with van der Waals surface area (Å²) in [5.74, 6) is -8.67. The zero-order valence-electron chi connectivity index (χ0n) is 45.7. The highest BCUT2D eigenvalue weighted by atomic mass is 16.5. The second-order valence-corrected chi connectivity index (χ2v) is 21.3. The van der Waals surface area contributed by atoms with E-state index < -0.39 is 152 Å². The van der Waals surface area contributed by atoms with Gasteiger partial charge in [0.15, 0.2) is 6.23 Å². The number of carbonyl (C=O) groups excluding carboxylic acids is 7.